The van der Waals surface area contributed by atoms with E-state index in [1.54, 1.807) is 23.2 Å². The van der Waals surface area contributed by atoms with Gasteiger partial charge in [-0.2, -0.15) is 0 Å². The number of ether oxygens (including phenoxy) is 1. The smallest absolute Gasteiger partial charge is 0.254 e. The molecule has 124 valence electrons. The second kappa shape index (κ2) is 7.12. The first-order chi connectivity index (χ1) is 11.6. The zero-order valence-corrected chi connectivity index (χ0v) is 13.2. The summed E-state index contributed by atoms with van der Waals surface area (Å²) in [7, 11) is 0. The molecule has 0 aliphatic carbocycles. The summed E-state index contributed by atoms with van der Waals surface area (Å²) >= 11 is 0. The van der Waals surface area contributed by atoms with Crippen LogP contribution in [0.5, 0.6) is 5.88 Å². The molecule has 2 heterocycles. The van der Waals surface area contributed by atoms with Crippen molar-refractivity contribution in [1.82, 2.24) is 9.88 Å². The normalized spacial score (nSPS) is 16.8. The molecule has 2 N–H and O–H groups in total. The van der Waals surface area contributed by atoms with E-state index in [-0.39, 0.29) is 17.7 Å². The quantitative estimate of drug-likeness (QED) is 0.905. The van der Waals surface area contributed by atoms with Crippen molar-refractivity contribution in [2.24, 2.45) is 11.7 Å². The second-order valence-corrected chi connectivity index (χ2v) is 5.80. The van der Waals surface area contributed by atoms with Crippen molar-refractivity contribution in [3.8, 4) is 5.88 Å². The number of nitrogens with zero attached hydrogens (tertiary/aromatic N) is 2. The maximum atomic E-state index is 12.5. The summed E-state index contributed by atoms with van der Waals surface area (Å²) in [6, 6.07) is 13.0. The van der Waals surface area contributed by atoms with Gasteiger partial charge in [0.05, 0.1) is 5.92 Å². The summed E-state index contributed by atoms with van der Waals surface area (Å²) in [5.74, 6) is -0.349. The third-order valence-corrected chi connectivity index (χ3v) is 4.09. The van der Waals surface area contributed by atoms with Gasteiger partial charge in [-0.1, -0.05) is 30.3 Å². The van der Waals surface area contributed by atoms with Crippen molar-refractivity contribution in [2.45, 2.75) is 13.0 Å². The lowest BCUT2D eigenvalue weighted by molar-refractivity contribution is -0.121. The predicted molar refractivity (Wildman–Crippen MR) is 88.2 cm³/mol. The third kappa shape index (κ3) is 3.71. The standard InChI is InChI=1S/C18H19N3O3/c19-17(22)15-7-9-21(11-15)18(23)14-6-8-20-16(10-14)24-12-13-4-2-1-3-5-13/h1-6,8,10,15H,7,9,11-12H2,(H2,19,22)/t15-/m0/s1. The highest BCUT2D eigenvalue weighted by atomic mass is 16.5. The molecule has 0 bridgehead atoms. The summed E-state index contributed by atoms with van der Waals surface area (Å²) in [4.78, 5) is 29.6. The zero-order chi connectivity index (χ0) is 16.9. The van der Waals surface area contributed by atoms with Gasteiger partial charge in [0.15, 0.2) is 0 Å². The van der Waals surface area contributed by atoms with Gasteiger partial charge in [-0.15, -0.1) is 0 Å². The first kappa shape index (κ1) is 16.0. The van der Waals surface area contributed by atoms with Crippen LogP contribution in [0, 0.1) is 5.92 Å². The van der Waals surface area contributed by atoms with Crippen molar-refractivity contribution in [3.05, 3.63) is 59.8 Å². The van der Waals surface area contributed by atoms with Crippen LogP contribution in [0.4, 0.5) is 0 Å². The Morgan fingerprint density at radius 2 is 2.04 bits per heavy atom. The topological polar surface area (TPSA) is 85.5 Å². The van der Waals surface area contributed by atoms with E-state index in [9.17, 15) is 9.59 Å². The molecule has 0 saturated carbocycles. The fourth-order valence-corrected chi connectivity index (χ4v) is 2.71. The van der Waals surface area contributed by atoms with Gasteiger partial charge in [-0.25, -0.2) is 4.98 Å². The average Bonchev–Trinajstić information content (AvgIpc) is 3.11. The largest absolute Gasteiger partial charge is 0.473 e. The molecule has 6 heteroatoms. The summed E-state index contributed by atoms with van der Waals surface area (Å²) in [6.07, 6.45) is 2.17. The Hall–Kier alpha value is -2.89. The molecule has 2 amide bonds. The van der Waals surface area contributed by atoms with Gasteiger partial charge in [-0.3, -0.25) is 9.59 Å². The molecule has 24 heavy (non-hydrogen) atoms. The van der Waals surface area contributed by atoms with E-state index in [2.05, 4.69) is 4.98 Å². The maximum absolute atomic E-state index is 12.5. The Kier molecular flexibility index (Phi) is 4.74. The molecule has 1 aliphatic heterocycles. The highest BCUT2D eigenvalue weighted by molar-refractivity contribution is 5.95. The number of hydrogen-bond donors (Lipinski definition) is 1. The molecule has 0 radical (unpaired) electrons. The van der Waals surface area contributed by atoms with Crippen LogP contribution in [0.15, 0.2) is 48.7 Å². The highest BCUT2D eigenvalue weighted by Crippen LogP contribution is 2.20. The monoisotopic (exact) mass is 325 g/mol. The van der Waals surface area contributed by atoms with Gasteiger partial charge in [-0.05, 0) is 18.1 Å². The first-order valence-corrected chi connectivity index (χ1v) is 7.85. The number of nitrogens with two attached hydrogens (primary N) is 1. The summed E-state index contributed by atoms with van der Waals surface area (Å²) in [5.41, 5.74) is 6.84. The molecule has 1 atom stereocenters. The van der Waals surface area contributed by atoms with Crippen LogP contribution in [0.25, 0.3) is 0 Å². The number of amides is 2. The van der Waals surface area contributed by atoms with Crippen LogP contribution >= 0.6 is 0 Å². The molecule has 1 saturated heterocycles. The number of pyridine rings is 1. The Morgan fingerprint density at radius 1 is 1.25 bits per heavy atom. The summed E-state index contributed by atoms with van der Waals surface area (Å²) in [5, 5.41) is 0. The number of benzene rings is 1. The maximum Gasteiger partial charge on any atom is 0.254 e. The Bertz CT molecular complexity index is 733. The van der Waals surface area contributed by atoms with Gasteiger partial charge in [0.1, 0.15) is 6.61 Å². The SMILES string of the molecule is NC(=O)[C@H]1CCN(C(=O)c2ccnc(OCc3ccccc3)c2)C1. The van der Waals surface area contributed by atoms with Gasteiger partial charge in [0, 0.05) is 30.9 Å². The van der Waals surface area contributed by atoms with E-state index >= 15 is 0 Å². The van der Waals surface area contributed by atoms with E-state index in [1.165, 1.54) is 0 Å². The minimum atomic E-state index is -0.355. The number of carbonyl (C=O) groups excluding carboxylic acids is 2. The minimum Gasteiger partial charge on any atom is -0.473 e. The average molecular weight is 325 g/mol. The molecule has 1 aromatic heterocycles. The number of hydrogen-bond acceptors (Lipinski definition) is 4. The number of rotatable bonds is 5. The van der Waals surface area contributed by atoms with Gasteiger partial charge in [0.25, 0.3) is 5.91 Å². The molecule has 6 nitrogen and oxygen atoms in total. The van der Waals surface area contributed by atoms with E-state index in [0.717, 1.165) is 5.56 Å². The molecule has 0 unspecified atom stereocenters. The molecular weight excluding hydrogens is 306 g/mol. The van der Waals surface area contributed by atoms with Crippen molar-refractivity contribution in [2.75, 3.05) is 13.1 Å². The molecular formula is C18H19N3O3. The van der Waals surface area contributed by atoms with Gasteiger partial charge >= 0.3 is 0 Å². The number of aromatic nitrogens is 1. The molecule has 0 spiro atoms. The molecule has 1 aliphatic rings. The van der Waals surface area contributed by atoms with Crippen LogP contribution in [0.1, 0.15) is 22.3 Å². The number of carbonyl (C=O) groups is 2. The van der Waals surface area contributed by atoms with Gasteiger partial charge in [0.2, 0.25) is 11.8 Å². The molecule has 1 fully saturated rings. The van der Waals surface area contributed by atoms with E-state index < -0.39 is 0 Å². The van der Waals surface area contributed by atoms with Crippen molar-refractivity contribution in [3.63, 3.8) is 0 Å². The van der Waals surface area contributed by atoms with E-state index in [1.807, 2.05) is 30.3 Å². The van der Waals surface area contributed by atoms with Crippen molar-refractivity contribution in [1.29, 1.82) is 0 Å². The fraction of sp³-hybridized carbons (Fsp3) is 0.278. The van der Waals surface area contributed by atoms with Crippen LogP contribution in [-0.4, -0.2) is 34.8 Å². The van der Waals surface area contributed by atoms with E-state index in [0.29, 0.717) is 37.6 Å². The Morgan fingerprint density at radius 3 is 2.75 bits per heavy atom. The molecule has 1 aromatic carbocycles. The predicted octanol–water partition coefficient (Wildman–Crippen LogP) is 1.61. The lowest BCUT2D eigenvalue weighted by atomic mass is 10.1. The van der Waals surface area contributed by atoms with Crippen LogP contribution in [-0.2, 0) is 11.4 Å². The fourth-order valence-electron chi connectivity index (χ4n) is 2.71. The highest BCUT2D eigenvalue weighted by Gasteiger charge is 2.30. The lowest BCUT2D eigenvalue weighted by Crippen LogP contribution is -2.31. The first-order valence-electron chi connectivity index (χ1n) is 7.85. The van der Waals surface area contributed by atoms with Crippen LogP contribution < -0.4 is 10.5 Å². The third-order valence-electron chi connectivity index (χ3n) is 4.09. The van der Waals surface area contributed by atoms with E-state index in [4.69, 9.17) is 10.5 Å². The van der Waals surface area contributed by atoms with Crippen LogP contribution in [0.3, 0.4) is 0 Å². The van der Waals surface area contributed by atoms with Crippen LogP contribution in [0.2, 0.25) is 0 Å². The summed E-state index contributed by atoms with van der Waals surface area (Å²) < 4.78 is 5.65. The number of primary amides is 1. The summed E-state index contributed by atoms with van der Waals surface area (Å²) in [6.45, 7) is 1.30. The second-order valence-electron chi connectivity index (χ2n) is 5.80. The number of likely N-dealkylation sites (tertiary alicyclic amines) is 1. The Balaban J connectivity index is 1.64. The lowest BCUT2D eigenvalue weighted by Gasteiger charge is -2.16. The molecule has 2 aromatic rings. The zero-order valence-electron chi connectivity index (χ0n) is 13.2. The van der Waals surface area contributed by atoms with Gasteiger partial charge < -0.3 is 15.4 Å². The Labute approximate surface area is 140 Å². The minimum absolute atomic E-state index is 0.134. The van der Waals surface area contributed by atoms with Crippen molar-refractivity contribution < 1.29 is 14.3 Å². The van der Waals surface area contributed by atoms with Crippen molar-refractivity contribution >= 4 is 11.8 Å². The molecule has 3 rings (SSSR count).